The van der Waals surface area contributed by atoms with Gasteiger partial charge in [-0.05, 0) is 50.6 Å². The Labute approximate surface area is 129 Å². The SMILES string of the molecule is CCn1c(C)cc(/C=C(\C#N)c2nc3ccccc3[nH]2)c1C. The molecule has 0 bridgehead atoms. The zero-order chi connectivity index (χ0) is 15.7. The monoisotopic (exact) mass is 290 g/mol. The Hall–Kier alpha value is -2.80. The Morgan fingerprint density at radius 1 is 1.36 bits per heavy atom. The fourth-order valence-corrected chi connectivity index (χ4v) is 2.85. The van der Waals surface area contributed by atoms with Crippen molar-refractivity contribution in [1.29, 1.82) is 5.26 Å². The molecule has 0 fully saturated rings. The van der Waals surface area contributed by atoms with Crippen LogP contribution >= 0.6 is 0 Å². The van der Waals surface area contributed by atoms with Gasteiger partial charge in [0.1, 0.15) is 11.9 Å². The van der Waals surface area contributed by atoms with E-state index in [2.05, 4.69) is 47.4 Å². The molecule has 110 valence electrons. The largest absolute Gasteiger partial charge is 0.349 e. The van der Waals surface area contributed by atoms with Gasteiger partial charge in [-0.25, -0.2) is 4.98 Å². The summed E-state index contributed by atoms with van der Waals surface area (Å²) in [5.41, 5.74) is 5.80. The van der Waals surface area contributed by atoms with Crippen LogP contribution in [0.25, 0.3) is 22.7 Å². The lowest BCUT2D eigenvalue weighted by Gasteiger charge is -2.04. The summed E-state index contributed by atoms with van der Waals surface area (Å²) >= 11 is 0. The van der Waals surface area contributed by atoms with Gasteiger partial charge in [0.05, 0.1) is 16.6 Å². The summed E-state index contributed by atoms with van der Waals surface area (Å²) in [6.45, 7) is 7.22. The van der Waals surface area contributed by atoms with Crippen molar-refractivity contribution in [3.05, 3.63) is 53.1 Å². The van der Waals surface area contributed by atoms with Crippen molar-refractivity contribution < 1.29 is 0 Å². The zero-order valence-corrected chi connectivity index (χ0v) is 13.0. The van der Waals surface area contributed by atoms with Gasteiger partial charge in [-0.15, -0.1) is 0 Å². The van der Waals surface area contributed by atoms with Crippen LogP contribution in [-0.2, 0) is 6.54 Å². The number of benzene rings is 1. The molecule has 0 unspecified atom stereocenters. The minimum Gasteiger partial charge on any atom is -0.349 e. The number of imidazole rings is 1. The van der Waals surface area contributed by atoms with Gasteiger partial charge >= 0.3 is 0 Å². The van der Waals surface area contributed by atoms with E-state index in [1.165, 1.54) is 11.4 Å². The molecule has 0 spiro atoms. The molecule has 0 atom stereocenters. The van der Waals surface area contributed by atoms with Crippen molar-refractivity contribution in [3.8, 4) is 6.07 Å². The highest BCUT2D eigenvalue weighted by molar-refractivity contribution is 5.90. The number of nitrogens with one attached hydrogen (secondary N) is 1. The summed E-state index contributed by atoms with van der Waals surface area (Å²) in [6.07, 6.45) is 1.91. The number of rotatable bonds is 3. The number of nitrogens with zero attached hydrogens (tertiary/aromatic N) is 3. The van der Waals surface area contributed by atoms with Crippen LogP contribution in [0.4, 0.5) is 0 Å². The molecule has 3 aromatic rings. The summed E-state index contributed by atoms with van der Waals surface area (Å²) in [6, 6.07) is 12.2. The number of aromatic amines is 1. The van der Waals surface area contributed by atoms with Crippen LogP contribution in [0.15, 0.2) is 30.3 Å². The summed E-state index contributed by atoms with van der Waals surface area (Å²) in [7, 11) is 0. The van der Waals surface area contributed by atoms with Crippen LogP contribution < -0.4 is 0 Å². The topological polar surface area (TPSA) is 57.4 Å². The third kappa shape index (κ3) is 2.31. The number of fused-ring (bicyclic) bond motifs is 1. The maximum absolute atomic E-state index is 9.51. The van der Waals surface area contributed by atoms with E-state index >= 15 is 0 Å². The molecule has 4 heteroatoms. The lowest BCUT2D eigenvalue weighted by atomic mass is 10.1. The second kappa shape index (κ2) is 5.53. The van der Waals surface area contributed by atoms with E-state index in [0.717, 1.165) is 23.1 Å². The second-order valence-electron chi connectivity index (χ2n) is 5.34. The standard InChI is InChI=1S/C18H18N4/c1-4-22-12(2)9-14(13(22)3)10-15(11-19)18-20-16-7-5-6-8-17(16)21-18/h5-10H,4H2,1-3H3,(H,20,21)/b15-10+. The van der Waals surface area contributed by atoms with Crippen LogP contribution in [0.3, 0.4) is 0 Å². The first kappa shape index (κ1) is 14.2. The van der Waals surface area contributed by atoms with Gasteiger partial charge in [0.2, 0.25) is 0 Å². The Balaban J connectivity index is 2.09. The molecule has 3 rings (SSSR count). The summed E-state index contributed by atoms with van der Waals surface area (Å²) in [5.74, 6) is 0.616. The molecule has 0 saturated heterocycles. The maximum atomic E-state index is 9.51. The van der Waals surface area contributed by atoms with E-state index in [9.17, 15) is 5.26 Å². The first-order valence-corrected chi connectivity index (χ1v) is 7.37. The predicted molar refractivity (Wildman–Crippen MR) is 89.2 cm³/mol. The minimum atomic E-state index is 0.549. The molecule has 4 nitrogen and oxygen atoms in total. The van der Waals surface area contributed by atoms with Crippen LogP contribution in [-0.4, -0.2) is 14.5 Å². The molecule has 2 aromatic heterocycles. The van der Waals surface area contributed by atoms with Crippen molar-refractivity contribution in [2.24, 2.45) is 0 Å². The smallest absolute Gasteiger partial charge is 0.149 e. The molecule has 1 N–H and O–H groups in total. The maximum Gasteiger partial charge on any atom is 0.149 e. The first-order chi connectivity index (χ1) is 10.6. The van der Waals surface area contributed by atoms with Gasteiger partial charge in [0, 0.05) is 17.9 Å². The molecule has 22 heavy (non-hydrogen) atoms. The Bertz CT molecular complexity index is 870. The predicted octanol–water partition coefficient (Wildman–Crippen LogP) is 4.07. The highest BCUT2D eigenvalue weighted by Gasteiger charge is 2.11. The molecular weight excluding hydrogens is 272 g/mol. The Morgan fingerprint density at radius 2 is 2.14 bits per heavy atom. The fourth-order valence-electron chi connectivity index (χ4n) is 2.85. The number of aryl methyl sites for hydroxylation is 1. The number of para-hydroxylation sites is 2. The van der Waals surface area contributed by atoms with E-state index < -0.39 is 0 Å². The summed E-state index contributed by atoms with van der Waals surface area (Å²) < 4.78 is 2.24. The number of aromatic nitrogens is 3. The number of H-pyrrole nitrogens is 1. The molecule has 0 amide bonds. The molecular formula is C18H18N4. The molecule has 2 heterocycles. The van der Waals surface area contributed by atoms with Crippen molar-refractivity contribution in [3.63, 3.8) is 0 Å². The average Bonchev–Trinajstić information content (AvgIpc) is 3.05. The number of hydrogen-bond acceptors (Lipinski definition) is 2. The van der Waals surface area contributed by atoms with Gasteiger partial charge in [-0.3, -0.25) is 0 Å². The van der Waals surface area contributed by atoms with Crippen LogP contribution in [0.1, 0.15) is 29.7 Å². The van der Waals surface area contributed by atoms with Crippen molar-refractivity contribution in [2.75, 3.05) is 0 Å². The highest BCUT2D eigenvalue weighted by Crippen LogP contribution is 2.22. The lowest BCUT2D eigenvalue weighted by molar-refractivity contribution is 0.718. The lowest BCUT2D eigenvalue weighted by Crippen LogP contribution is -1.98. The van der Waals surface area contributed by atoms with Gasteiger partial charge in [-0.1, -0.05) is 12.1 Å². The quantitative estimate of drug-likeness (QED) is 0.739. The Kier molecular flexibility index (Phi) is 3.56. The fraction of sp³-hybridized carbons (Fsp3) is 0.222. The van der Waals surface area contributed by atoms with E-state index in [1.807, 2.05) is 30.3 Å². The van der Waals surface area contributed by atoms with E-state index in [0.29, 0.717) is 11.4 Å². The third-order valence-corrected chi connectivity index (χ3v) is 3.99. The van der Waals surface area contributed by atoms with Gasteiger partial charge in [0.25, 0.3) is 0 Å². The number of nitriles is 1. The van der Waals surface area contributed by atoms with E-state index in [4.69, 9.17) is 0 Å². The molecule has 1 aromatic carbocycles. The Morgan fingerprint density at radius 3 is 2.77 bits per heavy atom. The minimum absolute atomic E-state index is 0.549. The van der Waals surface area contributed by atoms with Gasteiger partial charge in [0.15, 0.2) is 0 Å². The molecule has 0 radical (unpaired) electrons. The molecule has 0 aliphatic rings. The van der Waals surface area contributed by atoms with E-state index in [-0.39, 0.29) is 0 Å². The second-order valence-corrected chi connectivity index (χ2v) is 5.34. The van der Waals surface area contributed by atoms with E-state index in [1.54, 1.807) is 0 Å². The van der Waals surface area contributed by atoms with Crippen LogP contribution in [0, 0.1) is 25.2 Å². The van der Waals surface area contributed by atoms with Crippen molar-refractivity contribution >= 4 is 22.7 Å². The summed E-state index contributed by atoms with van der Waals surface area (Å²) in [4.78, 5) is 7.72. The highest BCUT2D eigenvalue weighted by atomic mass is 15.0. The van der Waals surface area contributed by atoms with Crippen LogP contribution in [0.5, 0.6) is 0 Å². The number of hydrogen-bond donors (Lipinski definition) is 1. The van der Waals surface area contributed by atoms with Gasteiger partial charge < -0.3 is 9.55 Å². The molecule has 0 aliphatic carbocycles. The first-order valence-electron chi connectivity index (χ1n) is 7.37. The average molecular weight is 290 g/mol. The van der Waals surface area contributed by atoms with Crippen LogP contribution in [0.2, 0.25) is 0 Å². The van der Waals surface area contributed by atoms with Gasteiger partial charge in [-0.2, -0.15) is 5.26 Å². The summed E-state index contributed by atoms with van der Waals surface area (Å²) in [5, 5.41) is 9.51. The van der Waals surface area contributed by atoms with Crippen molar-refractivity contribution in [2.45, 2.75) is 27.3 Å². The number of allylic oxidation sites excluding steroid dienone is 1. The zero-order valence-electron chi connectivity index (χ0n) is 13.0. The molecule has 0 aliphatic heterocycles. The molecule has 0 saturated carbocycles. The van der Waals surface area contributed by atoms with Crippen molar-refractivity contribution in [1.82, 2.24) is 14.5 Å². The third-order valence-electron chi connectivity index (χ3n) is 3.99. The normalized spacial score (nSPS) is 11.8.